The smallest absolute Gasteiger partial charge is 0.262 e. The molecule has 1 unspecified atom stereocenters. The van der Waals surface area contributed by atoms with Gasteiger partial charge in [0.2, 0.25) is 0 Å². The molecule has 0 aliphatic carbocycles. The number of ether oxygens (including phenoxy) is 2. The van der Waals surface area contributed by atoms with Crippen LogP contribution in [0.25, 0.3) is 0 Å². The molecule has 3 rings (SSSR count). The highest BCUT2D eigenvalue weighted by atomic mass is 32.1. The van der Waals surface area contributed by atoms with Crippen LogP contribution in [0.3, 0.4) is 0 Å². The van der Waals surface area contributed by atoms with Crippen LogP contribution in [0.4, 0.5) is 0 Å². The zero-order valence-electron chi connectivity index (χ0n) is 12.7. The van der Waals surface area contributed by atoms with Gasteiger partial charge in [0.1, 0.15) is 17.6 Å². The highest BCUT2D eigenvalue weighted by Gasteiger charge is 2.22. The first-order chi connectivity index (χ1) is 10.7. The normalized spacial score (nSPS) is 15.4. The predicted molar refractivity (Wildman–Crippen MR) is 83.2 cm³/mol. The fourth-order valence-corrected chi connectivity index (χ4v) is 3.54. The van der Waals surface area contributed by atoms with Gasteiger partial charge in [-0.05, 0) is 30.7 Å². The first-order valence-corrected chi connectivity index (χ1v) is 8.04. The number of nitrogens with one attached hydrogen (secondary N) is 1. The number of aryl methyl sites for hydroxylation is 1. The molecule has 1 aliphatic heterocycles. The number of furan rings is 1. The molecule has 1 aliphatic rings. The Hall–Kier alpha value is -1.63. The number of amides is 1. The third kappa shape index (κ3) is 3.24. The minimum Gasteiger partial charge on any atom is -0.464 e. The Kier molecular flexibility index (Phi) is 4.61. The molecule has 0 radical (unpaired) electrons. The van der Waals surface area contributed by atoms with Gasteiger partial charge in [-0.2, -0.15) is 0 Å². The molecule has 0 fully saturated rings. The zero-order valence-corrected chi connectivity index (χ0v) is 13.5. The third-order valence-electron chi connectivity index (χ3n) is 3.59. The second-order valence-corrected chi connectivity index (χ2v) is 6.43. The summed E-state index contributed by atoms with van der Waals surface area (Å²) in [4.78, 5) is 14.4. The van der Waals surface area contributed by atoms with E-state index in [4.69, 9.17) is 13.9 Å². The largest absolute Gasteiger partial charge is 0.464 e. The van der Waals surface area contributed by atoms with Gasteiger partial charge < -0.3 is 19.2 Å². The lowest BCUT2D eigenvalue weighted by Gasteiger charge is -2.15. The zero-order chi connectivity index (χ0) is 15.5. The molecule has 2 aromatic heterocycles. The van der Waals surface area contributed by atoms with Gasteiger partial charge in [0.25, 0.3) is 5.91 Å². The van der Waals surface area contributed by atoms with Crippen LogP contribution in [-0.4, -0.2) is 26.2 Å². The number of hydrogen-bond acceptors (Lipinski definition) is 5. The van der Waals surface area contributed by atoms with Crippen LogP contribution < -0.4 is 5.32 Å². The van der Waals surface area contributed by atoms with E-state index in [-0.39, 0.29) is 11.9 Å². The van der Waals surface area contributed by atoms with Gasteiger partial charge >= 0.3 is 0 Å². The second kappa shape index (κ2) is 6.64. The summed E-state index contributed by atoms with van der Waals surface area (Å²) in [5, 5.41) is 2.98. The van der Waals surface area contributed by atoms with E-state index in [9.17, 15) is 4.79 Å². The van der Waals surface area contributed by atoms with Crippen LogP contribution in [0.5, 0.6) is 0 Å². The standard InChI is InChI=1S/C16H19NO4S/c1-10-3-4-13(21-10)12(9-19-2)17-16(18)15-7-11-8-20-6-5-14(11)22-15/h3-4,7,12H,5-6,8-9H2,1-2H3,(H,17,18). The van der Waals surface area contributed by atoms with Crippen molar-refractivity contribution in [1.29, 1.82) is 0 Å². The lowest BCUT2D eigenvalue weighted by molar-refractivity contribution is 0.0886. The number of carbonyl (C=O) groups is 1. The first-order valence-electron chi connectivity index (χ1n) is 7.23. The molecule has 1 amide bonds. The summed E-state index contributed by atoms with van der Waals surface area (Å²) in [6, 6.07) is 5.38. The average molecular weight is 321 g/mol. The summed E-state index contributed by atoms with van der Waals surface area (Å²) < 4.78 is 16.2. The Balaban J connectivity index is 1.74. The Bertz CT molecular complexity index is 637. The van der Waals surface area contributed by atoms with Crippen LogP contribution in [0.1, 0.15) is 37.7 Å². The van der Waals surface area contributed by atoms with Crippen molar-refractivity contribution in [3.8, 4) is 0 Å². The molecule has 0 saturated carbocycles. The van der Waals surface area contributed by atoms with E-state index >= 15 is 0 Å². The Morgan fingerprint density at radius 1 is 1.50 bits per heavy atom. The minimum atomic E-state index is -0.290. The number of methoxy groups -OCH3 is 1. The molecule has 0 spiro atoms. The van der Waals surface area contributed by atoms with Crippen molar-refractivity contribution in [3.05, 3.63) is 45.0 Å². The molecule has 1 atom stereocenters. The molecular weight excluding hydrogens is 302 g/mol. The monoisotopic (exact) mass is 321 g/mol. The van der Waals surface area contributed by atoms with Crippen LogP contribution in [-0.2, 0) is 22.5 Å². The Morgan fingerprint density at radius 3 is 3.05 bits per heavy atom. The van der Waals surface area contributed by atoms with Gasteiger partial charge in [-0.1, -0.05) is 0 Å². The Morgan fingerprint density at radius 2 is 2.36 bits per heavy atom. The van der Waals surface area contributed by atoms with Crippen molar-refractivity contribution >= 4 is 17.2 Å². The van der Waals surface area contributed by atoms with Crippen molar-refractivity contribution in [1.82, 2.24) is 5.32 Å². The van der Waals surface area contributed by atoms with E-state index in [1.54, 1.807) is 18.4 Å². The molecule has 0 saturated heterocycles. The quantitative estimate of drug-likeness (QED) is 0.920. The van der Waals surface area contributed by atoms with E-state index in [0.717, 1.165) is 24.4 Å². The van der Waals surface area contributed by atoms with Gasteiger partial charge in [-0.25, -0.2) is 0 Å². The van der Waals surface area contributed by atoms with E-state index < -0.39 is 0 Å². The van der Waals surface area contributed by atoms with Gasteiger partial charge in [-0.3, -0.25) is 4.79 Å². The van der Waals surface area contributed by atoms with E-state index in [1.165, 1.54) is 4.88 Å². The van der Waals surface area contributed by atoms with Crippen LogP contribution in [0, 0.1) is 6.92 Å². The third-order valence-corrected chi connectivity index (χ3v) is 4.83. The lowest BCUT2D eigenvalue weighted by atomic mass is 10.2. The predicted octanol–water partition coefficient (Wildman–Crippen LogP) is 2.84. The van der Waals surface area contributed by atoms with Crippen LogP contribution >= 0.6 is 11.3 Å². The molecule has 6 heteroatoms. The maximum atomic E-state index is 12.5. The van der Waals surface area contributed by atoms with E-state index in [0.29, 0.717) is 23.9 Å². The highest BCUT2D eigenvalue weighted by molar-refractivity contribution is 7.14. The second-order valence-electron chi connectivity index (χ2n) is 5.29. The molecule has 0 bridgehead atoms. The number of thiophene rings is 1. The van der Waals surface area contributed by atoms with Crippen molar-refractivity contribution in [2.75, 3.05) is 20.3 Å². The fraction of sp³-hybridized carbons (Fsp3) is 0.438. The lowest BCUT2D eigenvalue weighted by Crippen LogP contribution is -2.30. The number of carbonyl (C=O) groups excluding carboxylic acids is 1. The molecule has 22 heavy (non-hydrogen) atoms. The maximum Gasteiger partial charge on any atom is 0.262 e. The summed E-state index contributed by atoms with van der Waals surface area (Å²) in [7, 11) is 1.61. The topological polar surface area (TPSA) is 60.7 Å². The molecule has 3 heterocycles. The molecule has 1 N–H and O–H groups in total. The molecular formula is C16H19NO4S. The summed E-state index contributed by atoms with van der Waals surface area (Å²) in [5.41, 5.74) is 1.12. The van der Waals surface area contributed by atoms with E-state index in [1.807, 2.05) is 25.1 Å². The molecule has 0 aromatic carbocycles. The number of fused-ring (bicyclic) bond motifs is 1. The van der Waals surface area contributed by atoms with E-state index in [2.05, 4.69) is 5.32 Å². The van der Waals surface area contributed by atoms with Gasteiger partial charge in [-0.15, -0.1) is 11.3 Å². The number of hydrogen-bond donors (Lipinski definition) is 1. The van der Waals surface area contributed by atoms with Gasteiger partial charge in [0.05, 0.1) is 24.7 Å². The maximum absolute atomic E-state index is 12.5. The first kappa shape index (κ1) is 15.3. The average Bonchev–Trinajstić information content (AvgIpc) is 3.12. The van der Waals surface area contributed by atoms with Crippen LogP contribution in [0.2, 0.25) is 0 Å². The minimum absolute atomic E-state index is 0.101. The molecule has 5 nitrogen and oxygen atoms in total. The van der Waals surface area contributed by atoms with Crippen molar-refractivity contribution in [2.45, 2.75) is 26.0 Å². The summed E-state index contributed by atoms with van der Waals surface area (Å²) in [6.45, 7) is 3.57. The van der Waals surface area contributed by atoms with Gasteiger partial charge in [0.15, 0.2) is 0 Å². The molecule has 118 valence electrons. The summed E-state index contributed by atoms with van der Waals surface area (Å²) in [5.74, 6) is 1.42. The fourth-order valence-electron chi connectivity index (χ4n) is 2.49. The van der Waals surface area contributed by atoms with Crippen LogP contribution in [0.15, 0.2) is 22.6 Å². The SMILES string of the molecule is COCC(NC(=O)c1cc2c(s1)CCOC2)c1ccc(C)o1. The van der Waals surface area contributed by atoms with Crippen molar-refractivity contribution in [3.63, 3.8) is 0 Å². The Labute approximate surface area is 133 Å². The van der Waals surface area contributed by atoms with Crippen molar-refractivity contribution < 1.29 is 18.7 Å². The van der Waals surface area contributed by atoms with Gasteiger partial charge in [0, 0.05) is 18.4 Å². The highest BCUT2D eigenvalue weighted by Crippen LogP contribution is 2.27. The molecule has 2 aromatic rings. The number of rotatable bonds is 5. The summed E-state index contributed by atoms with van der Waals surface area (Å²) >= 11 is 1.54. The van der Waals surface area contributed by atoms with Crippen molar-refractivity contribution in [2.24, 2.45) is 0 Å². The summed E-state index contributed by atoms with van der Waals surface area (Å²) in [6.07, 6.45) is 0.881.